The monoisotopic (exact) mass is 624 g/mol. The van der Waals surface area contributed by atoms with Crippen LogP contribution in [-0.4, -0.2) is 51.6 Å². The van der Waals surface area contributed by atoms with Crippen LogP contribution in [0.3, 0.4) is 0 Å². The van der Waals surface area contributed by atoms with Crippen molar-refractivity contribution in [3.05, 3.63) is 50.6 Å². The van der Waals surface area contributed by atoms with Gasteiger partial charge in [-0.1, -0.05) is 27.7 Å². The van der Waals surface area contributed by atoms with E-state index in [2.05, 4.69) is 31.4 Å². The molecule has 1 N–H and O–H groups in total. The van der Waals surface area contributed by atoms with E-state index in [1.54, 1.807) is 20.8 Å². The molecule has 1 atom stereocenters. The summed E-state index contributed by atoms with van der Waals surface area (Å²) in [6.45, 7) is 9.78. The van der Waals surface area contributed by atoms with Crippen LogP contribution in [0.4, 0.5) is 5.00 Å². The Bertz CT molecular complexity index is 1290. The van der Waals surface area contributed by atoms with Crippen LogP contribution >= 0.6 is 39.0 Å². The molecule has 0 aliphatic heterocycles. The molecule has 2 heterocycles. The van der Waals surface area contributed by atoms with E-state index < -0.39 is 11.9 Å². The first-order valence-corrected chi connectivity index (χ1v) is 14.5. The molecule has 1 amide bonds. The van der Waals surface area contributed by atoms with Crippen molar-refractivity contribution in [1.82, 2.24) is 14.8 Å². The lowest BCUT2D eigenvalue weighted by Gasteiger charge is -2.15. The van der Waals surface area contributed by atoms with Crippen molar-refractivity contribution < 1.29 is 28.6 Å². The highest BCUT2D eigenvalue weighted by atomic mass is 79.9. The second kappa shape index (κ2) is 13.8. The zero-order chi connectivity index (χ0) is 27.8. The third-order valence-corrected chi connectivity index (χ3v) is 7.91. The average Bonchev–Trinajstić information content (AvgIpc) is 3.44. The van der Waals surface area contributed by atoms with Gasteiger partial charge in [-0.05, 0) is 64.4 Å². The number of nitrogens with zero attached hydrogens (tertiary/aromatic N) is 3. The lowest BCUT2D eigenvalue weighted by atomic mass is 10.1. The van der Waals surface area contributed by atoms with Crippen LogP contribution in [0, 0.1) is 6.92 Å². The highest BCUT2D eigenvalue weighted by molar-refractivity contribution is 9.10. The van der Waals surface area contributed by atoms with E-state index in [1.165, 1.54) is 11.8 Å². The van der Waals surface area contributed by atoms with Crippen LogP contribution in [0.2, 0.25) is 0 Å². The van der Waals surface area contributed by atoms with E-state index >= 15 is 0 Å². The summed E-state index contributed by atoms with van der Waals surface area (Å²) in [5.41, 5.74) is 0.557. The molecular weight excluding hydrogens is 596 g/mol. The highest BCUT2D eigenvalue weighted by Crippen LogP contribution is 2.35. The smallest absolute Gasteiger partial charge is 0.348 e. The fourth-order valence-electron chi connectivity index (χ4n) is 3.51. The number of carbonyl (C=O) groups is 3. The summed E-state index contributed by atoms with van der Waals surface area (Å²) in [5.74, 6) is -0.202. The van der Waals surface area contributed by atoms with E-state index in [0.29, 0.717) is 28.8 Å². The quantitative estimate of drug-likeness (QED) is 0.201. The van der Waals surface area contributed by atoms with Crippen molar-refractivity contribution in [2.24, 2.45) is 0 Å². The van der Waals surface area contributed by atoms with Crippen LogP contribution in [0.15, 0.2) is 33.9 Å². The fraction of sp³-hybridized carbons (Fsp3) is 0.400. The van der Waals surface area contributed by atoms with Gasteiger partial charge in [0.25, 0.3) is 0 Å². The lowest BCUT2D eigenvalue weighted by Crippen LogP contribution is -2.17. The van der Waals surface area contributed by atoms with E-state index in [0.717, 1.165) is 15.8 Å². The maximum absolute atomic E-state index is 12.9. The molecule has 0 saturated heterocycles. The van der Waals surface area contributed by atoms with Gasteiger partial charge in [-0.3, -0.25) is 4.79 Å². The maximum atomic E-state index is 12.9. The Balaban J connectivity index is 1.72. The first-order chi connectivity index (χ1) is 18.2. The fourth-order valence-corrected chi connectivity index (χ4v) is 5.69. The van der Waals surface area contributed by atoms with Crippen molar-refractivity contribution in [1.29, 1.82) is 0 Å². The second-order valence-corrected chi connectivity index (χ2v) is 10.7. The van der Waals surface area contributed by atoms with Gasteiger partial charge in [-0.15, -0.1) is 21.5 Å². The number of aromatic nitrogens is 3. The zero-order valence-corrected chi connectivity index (χ0v) is 24.9. The van der Waals surface area contributed by atoms with Gasteiger partial charge in [-0.25, -0.2) is 9.59 Å². The van der Waals surface area contributed by atoms with Gasteiger partial charge in [0.05, 0.1) is 24.5 Å². The minimum absolute atomic E-state index is 0.00797. The molecular formula is C25H29BrN4O6S2. The number of amides is 1. The van der Waals surface area contributed by atoms with Crippen LogP contribution in [0.1, 0.15) is 65.2 Å². The zero-order valence-electron chi connectivity index (χ0n) is 21.7. The number of esters is 2. The molecule has 1 aromatic carbocycles. The molecule has 0 aliphatic carbocycles. The summed E-state index contributed by atoms with van der Waals surface area (Å²) >= 11 is 5.60. The molecule has 0 fully saturated rings. The van der Waals surface area contributed by atoms with Gasteiger partial charge < -0.3 is 24.1 Å². The summed E-state index contributed by atoms with van der Waals surface area (Å²) in [5, 5.41) is 12.1. The Morgan fingerprint density at radius 1 is 1.08 bits per heavy atom. The van der Waals surface area contributed by atoms with Gasteiger partial charge in [0.1, 0.15) is 15.6 Å². The standard InChI is InChI=1S/C25H29BrN4O6S2/c1-6-30-21(15(5)36-17-11-9-16(26)10-12-17)28-29-25(30)37-13-18(31)27-22-19(23(32)34-7-2)14(4)20(38-22)24(33)35-8-3/h9-12,15H,6-8,13H2,1-5H3,(H,27,31). The number of benzene rings is 1. The van der Waals surface area contributed by atoms with Crippen LogP contribution < -0.4 is 10.1 Å². The average molecular weight is 626 g/mol. The Labute approximate surface area is 237 Å². The van der Waals surface area contributed by atoms with Gasteiger partial charge >= 0.3 is 11.9 Å². The van der Waals surface area contributed by atoms with Gasteiger partial charge in [0, 0.05) is 11.0 Å². The number of rotatable bonds is 12. The number of nitrogens with one attached hydrogen (secondary N) is 1. The van der Waals surface area contributed by atoms with E-state index in [4.69, 9.17) is 14.2 Å². The van der Waals surface area contributed by atoms with Crippen molar-refractivity contribution >= 4 is 61.9 Å². The molecule has 204 valence electrons. The normalized spacial score (nSPS) is 11.6. The molecule has 0 saturated carbocycles. The number of thiophene rings is 1. The van der Waals surface area contributed by atoms with Crippen molar-refractivity contribution in [2.75, 3.05) is 24.3 Å². The largest absolute Gasteiger partial charge is 0.483 e. The van der Waals surface area contributed by atoms with E-state index in [1.807, 2.05) is 42.7 Å². The first kappa shape index (κ1) is 29.7. The molecule has 2 aromatic heterocycles. The van der Waals surface area contributed by atoms with Gasteiger partial charge in [-0.2, -0.15) is 0 Å². The number of hydrogen-bond donors (Lipinski definition) is 1. The predicted octanol–water partition coefficient (Wildman–Crippen LogP) is 5.65. The Hall–Kier alpha value is -2.90. The van der Waals surface area contributed by atoms with Gasteiger partial charge in [0.2, 0.25) is 5.91 Å². The Morgan fingerprint density at radius 3 is 2.37 bits per heavy atom. The number of carbonyl (C=O) groups excluding carboxylic acids is 3. The minimum Gasteiger partial charge on any atom is -0.483 e. The number of hydrogen-bond acceptors (Lipinski definition) is 10. The summed E-state index contributed by atoms with van der Waals surface area (Å²) in [7, 11) is 0. The Kier molecular flexibility index (Phi) is 10.7. The molecule has 0 aliphatic rings. The molecule has 13 heteroatoms. The maximum Gasteiger partial charge on any atom is 0.348 e. The number of anilines is 1. The number of thioether (sulfide) groups is 1. The summed E-state index contributed by atoms with van der Waals surface area (Å²) in [6.07, 6.45) is -0.366. The first-order valence-electron chi connectivity index (χ1n) is 12.0. The molecule has 3 rings (SSSR count). The number of ether oxygens (including phenoxy) is 3. The van der Waals surface area contributed by atoms with Crippen molar-refractivity contribution in [3.63, 3.8) is 0 Å². The molecule has 0 spiro atoms. The molecule has 38 heavy (non-hydrogen) atoms. The molecule has 0 bridgehead atoms. The van der Waals surface area contributed by atoms with Crippen molar-refractivity contribution in [2.45, 2.75) is 52.4 Å². The SMILES string of the molecule is CCOC(=O)c1sc(NC(=O)CSc2nnc(C(C)Oc3ccc(Br)cc3)n2CC)c(C(=O)OCC)c1C. The van der Waals surface area contributed by atoms with Crippen LogP contribution in [0.5, 0.6) is 5.75 Å². The predicted molar refractivity (Wildman–Crippen MR) is 149 cm³/mol. The summed E-state index contributed by atoms with van der Waals surface area (Å²) in [6, 6.07) is 7.50. The Morgan fingerprint density at radius 2 is 1.74 bits per heavy atom. The van der Waals surface area contributed by atoms with Crippen LogP contribution in [-0.2, 0) is 20.8 Å². The minimum atomic E-state index is -0.616. The lowest BCUT2D eigenvalue weighted by molar-refractivity contribution is -0.113. The third kappa shape index (κ3) is 7.14. The van der Waals surface area contributed by atoms with E-state index in [-0.39, 0.29) is 46.4 Å². The molecule has 0 radical (unpaired) electrons. The summed E-state index contributed by atoms with van der Waals surface area (Å²) < 4.78 is 19.1. The third-order valence-electron chi connectivity index (χ3n) is 5.22. The van der Waals surface area contributed by atoms with E-state index in [9.17, 15) is 14.4 Å². The van der Waals surface area contributed by atoms with Gasteiger partial charge in [0.15, 0.2) is 17.1 Å². The molecule has 3 aromatic rings. The van der Waals surface area contributed by atoms with Crippen LogP contribution in [0.25, 0.3) is 0 Å². The topological polar surface area (TPSA) is 122 Å². The summed E-state index contributed by atoms with van der Waals surface area (Å²) in [4.78, 5) is 38.0. The molecule has 10 nitrogen and oxygen atoms in total. The molecule has 1 unspecified atom stereocenters. The highest BCUT2D eigenvalue weighted by Gasteiger charge is 2.27. The van der Waals surface area contributed by atoms with Crippen molar-refractivity contribution in [3.8, 4) is 5.75 Å². The second-order valence-electron chi connectivity index (χ2n) is 7.84. The number of halogens is 1.